The molecule has 1 aliphatic carbocycles. The summed E-state index contributed by atoms with van der Waals surface area (Å²) in [6, 6.07) is 7.91. The molecule has 0 aliphatic heterocycles. The second-order valence-electron chi connectivity index (χ2n) is 5.00. The topological polar surface area (TPSA) is 46.3 Å². The maximum absolute atomic E-state index is 12.1. The van der Waals surface area contributed by atoms with Gasteiger partial charge in [0.15, 0.2) is 0 Å². The molecule has 1 amide bonds. The first-order valence-electron chi connectivity index (χ1n) is 6.18. The SMILES string of the molecule is CC(C1CC1)N(C)C(=O)Cc1cccc(N)c1. The Kier molecular flexibility index (Phi) is 3.36. The van der Waals surface area contributed by atoms with E-state index >= 15 is 0 Å². The highest BCUT2D eigenvalue weighted by molar-refractivity contribution is 5.79. The lowest BCUT2D eigenvalue weighted by molar-refractivity contribution is -0.131. The summed E-state index contributed by atoms with van der Waals surface area (Å²) in [5, 5.41) is 0. The number of carbonyl (C=O) groups excluding carboxylic acids is 1. The number of nitrogen functional groups attached to an aromatic ring is 1. The van der Waals surface area contributed by atoms with E-state index in [0.717, 1.165) is 5.56 Å². The molecule has 0 saturated heterocycles. The molecule has 1 aromatic carbocycles. The molecule has 1 aromatic rings. The van der Waals surface area contributed by atoms with Crippen LogP contribution >= 0.6 is 0 Å². The van der Waals surface area contributed by atoms with E-state index < -0.39 is 0 Å². The molecule has 0 radical (unpaired) electrons. The molecule has 1 unspecified atom stereocenters. The van der Waals surface area contributed by atoms with Crippen molar-refractivity contribution in [3.8, 4) is 0 Å². The number of likely N-dealkylation sites (N-methyl/N-ethyl adjacent to an activating group) is 1. The van der Waals surface area contributed by atoms with E-state index in [9.17, 15) is 4.79 Å². The van der Waals surface area contributed by atoms with Gasteiger partial charge >= 0.3 is 0 Å². The molecule has 1 atom stereocenters. The number of nitrogens with zero attached hydrogens (tertiary/aromatic N) is 1. The van der Waals surface area contributed by atoms with Crippen molar-refractivity contribution in [3.63, 3.8) is 0 Å². The number of hydrogen-bond donors (Lipinski definition) is 1. The number of anilines is 1. The smallest absolute Gasteiger partial charge is 0.226 e. The van der Waals surface area contributed by atoms with E-state index in [2.05, 4.69) is 6.92 Å². The van der Waals surface area contributed by atoms with E-state index in [1.807, 2.05) is 36.2 Å². The molecule has 0 bridgehead atoms. The van der Waals surface area contributed by atoms with Crippen molar-refractivity contribution in [2.24, 2.45) is 5.92 Å². The lowest BCUT2D eigenvalue weighted by Gasteiger charge is -2.25. The molecule has 2 N–H and O–H groups in total. The Hall–Kier alpha value is -1.51. The van der Waals surface area contributed by atoms with Gasteiger partial charge in [0.1, 0.15) is 0 Å². The summed E-state index contributed by atoms with van der Waals surface area (Å²) in [4.78, 5) is 14.0. The standard InChI is InChI=1S/C14H20N2O/c1-10(12-6-7-12)16(2)14(17)9-11-4-3-5-13(15)8-11/h3-5,8,10,12H,6-7,9,15H2,1-2H3. The minimum Gasteiger partial charge on any atom is -0.399 e. The molecule has 3 heteroatoms. The monoisotopic (exact) mass is 232 g/mol. The Morgan fingerprint density at radius 2 is 2.24 bits per heavy atom. The fourth-order valence-corrected chi connectivity index (χ4v) is 2.12. The Morgan fingerprint density at radius 1 is 1.53 bits per heavy atom. The van der Waals surface area contributed by atoms with Crippen LogP contribution in [0.4, 0.5) is 5.69 Å². The minimum atomic E-state index is 0.176. The lowest BCUT2D eigenvalue weighted by atomic mass is 10.1. The molecule has 0 spiro atoms. The van der Waals surface area contributed by atoms with Crippen LogP contribution in [0.15, 0.2) is 24.3 Å². The van der Waals surface area contributed by atoms with Crippen molar-refractivity contribution in [1.82, 2.24) is 4.90 Å². The second-order valence-corrected chi connectivity index (χ2v) is 5.00. The van der Waals surface area contributed by atoms with E-state index in [4.69, 9.17) is 5.73 Å². The molecule has 92 valence electrons. The molecule has 1 fully saturated rings. The maximum atomic E-state index is 12.1. The maximum Gasteiger partial charge on any atom is 0.226 e. The highest BCUT2D eigenvalue weighted by Gasteiger charge is 2.32. The van der Waals surface area contributed by atoms with Crippen LogP contribution in [0.2, 0.25) is 0 Å². The highest BCUT2D eigenvalue weighted by Crippen LogP contribution is 2.34. The fourth-order valence-electron chi connectivity index (χ4n) is 2.12. The van der Waals surface area contributed by atoms with Crippen LogP contribution in [-0.2, 0) is 11.2 Å². The first-order chi connectivity index (χ1) is 8.08. The predicted octanol–water partition coefficient (Wildman–Crippen LogP) is 2.07. The zero-order valence-electron chi connectivity index (χ0n) is 10.5. The molecular weight excluding hydrogens is 212 g/mol. The van der Waals surface area contributed by atoms with Gasteiger partial charge in [0, 0.05) is 18.8 Å². The van der Waals surface area contributed by atoms with Crippen LogP contribution in [0, 0.1) is 5.92 Å². The van der Waals surface area contributed by atoms with Gasteiger partial charge in [-0.1, -0.05) is 12.1 Å². The van der Waals surface area contributed by atoms with E-state index in [0.29, 0.717) is 24.1 Å². The van der Waals surface area contributed by atoms with Crippen molar-refractivity contribution in [3.05, 3.63) is 29.8 Å². The van der Waals surface area contributed by atoms with Crippen molar-refractivity contribution in [2.75, 3.05) is 12.8 Å². The minimum absolute atomic E-state index is 0.176. The molecule has 2 rings (SSSR count). The Labute approximate surface area is 103 Å². The summed E-state index contributed by atoms with van der Waals surface area (Å²) >= 11 is 0. The third-order valence-corrected chi connectivity index (χ3v) is 3.61. The first-order valence-corrected chi connectivity index (χ1v) is 6.18. The Morgan fingerprint density at radius 3 is 2.82 bits per heavy atom. The highest BCUT2D eigenvalue weighted by atomic mass is 16.2. The predicted molar refractivity (Wildman–Crippen MR) is 69.5 cm³/mol. The van der Waals surface area contributed by atoms with E-state index in [1.54, 1.807) is 0 Å². The number of carbonyl (C=O) groups is 1. The molecule has 0 heterocycles. The van der Waals surface area contributed by atoms with Crippen LogP contribution in [0.25, 0.3) is 0 Å². The third kappa shape index (κ3) is 2.99. The van der Waals surface area contributed by atoms with Crippen molar-refractivity contribution < 1.29 is 4.79 Å². The van der Waals surface area contributed by atoms with Gasteiger partial charge in [0.2, 0.25) is 5.91 Å². The van der Waals surface area contributed by atoms with Crippen molar-refractivity contribution in [2.45, 2.75) is 32.2 Å². The van der Waals surface area contributed by atoms with Crippen LogP contribution in [0.3, 0.4) is 0 Å². The number of amides is 1. The third-order valence-electron chi connectivity index (χ3n) is 3.61. The normalized spacial score (nSPS) is 16.6. The van der Waals surface area contributed by atoms with E-state index in [-0.39, 0.29) is 5.91 Å². The van der Waals surface area contributed by atoms with Gasteiger partial charge in [0.05, 0.1) is 6.42 Å². The number of benzene rings is 1. The van der Waals surface area contributed by atoms with Gasteiger partial charge in [-0.25, -0.2) is 0 Å². The average Bonchev–Trinajstić information content (AvgIpc) is 3.11. The zero-order chi connectivity index (χ0) is 12.4. The van der Waals surface area contributed by atoms with Crippen molar-refractivity contribution in [1.29, 1.82) is 0 Å². The fraction of sp³-hybridized carbons (Fsp3) is 0.500. The molecule has 1 aliphatic rings. The van der Waals surface area contributed by atoms with Gasteiger partial charge in [-0.2, -0.15) is 0 Å². The molecular formula is C14H20N2O. The molecule has 17 heavy (non-hydrogen) atoms. The quantitative estimate of drug-likeness (QED) is 0.808. The van der Waals surface area contributed by atoms with Gasteiger partial charge in [-0.3, -0.25) is 4.79 Å². The molecule has 3 nitrogen and oxygen atoms in total. The van der Waals surface area contributed by atoms with Crippen LogP contribution in [0.1, 0.15) is 25.3 Å². The zero-order valence-corrected chi connectivity index (χ0v) is 10.5. The van der Waals surface area contributed by atoms with Crippen LogP contribution in [0.5, 0.6) is 0 Å². The molecule has 0 aromatic heterocycles. The van der Waals surface area contributed by atoms with Gasteiger partial charge in [-0.15, -0.1) is 0 Å². The van der Waals surface area contributed by atoms with Gasteiger partial charge in [0.25, 0.3) is 0 Å². The summed E-state index contributed by atoms with van der Waals surface area (Å²) in [5.41, 5.74) is 7.41. The first kappa shape index (κ1) is 12.0. The summed E-state index contributed by atoms with van der Waals surface area (Å²) in [7, 11) is 1.90. The van der Waals surface area contributed by atoms with E-state index in [1.165, 1.54) is 12.8 Å². The lowest BCUT2D eigenvalue weighted by Crippen LogP contribution is -2.37. The summed E-state index contributed by atoms with van der Waals surface area (Å²) in [6.45, 7) is 2.13. The van der Waals surface area contributed by atoms with Crippen LogP contribution in [-0.4, -0.2) is 23.9 Å². The summed E-state index contributed by atoms with van der Waals surface area (Å²) in [5.74, 6) is 0.889. The summed E-state index contributed by atoms with van der Waals surface area (Å²) in [6.07, 6.45) is 2.97. The van der Waals surface area contributed by atoms with Gasteiger partial charge in [-0.05, 0) is 43.4 Å². The van der Waals surface area contributed by atoms with Crippen molar-refractivity contribution >= 4 is 11.6 Å². The van der Waals surface area contributed by atoms with Crippen LogP contribution < -0.4 is 5.73 Å². The van der Waals surface area contributed by atoms with Gasteiger partial charge < -0.3 is 10.6 Å². The average molecular weight is 232 g/mol. The Balaban J connectivity index is 1.96. The summed E-state index contributed by atoms with van der Waals surface area (Å²) < 4.78 is 0. The number of nitrogens with two attached hydrogens (primary N) is 1. The largest absolute Gasteiger partial charge is 0.399 e. The second kappa shape index (κ2) is 4.78. The Bertz CT molecular complexity index is 412. The number of hydrogen-bond acceptors (Lipinski definition) is 2. The molecule has 1 saturated carbocycles. The number of rotatable bonds is 4.